The van der Waals surface area contributed by atoms with Crippen LogP contribution in [0.3, 0.4) is 0 Å². The molecule has 0 unspecified atom stereocenters. The van der Waals surface area contributed by atoms with Crippen molar-refractivity contribution in [3.63, 3.8) is 0 Å². The van der Waals surface area contributed by atoms with Gasteiger partial charge >= 0.3 is 6.03 Å². The Morgan fingerprint density at radius 1 is 1.21 bits per heavy atom. The molecule has 1 N–H and O–H groups in total. The smallest absolute Gasteiger partial charge is 0.317 e. The van der Waals surface area contributed by atoms with Crippen LogP contribution in [-0.2, 0) is 6.54 Å². The first-order valence-corrected chi connectivity index (χ1v) is 10.0. The van der Waals surface area contributed by atoms with E-state index in [2.05, 4.69) is 34.2 Å². The molecule has 3 rings (SSSR count). The van der Waals surface area contributed by atoms with E-state index >= 15 is 0 Å². The molecule has 7 nitrogen and oxygen atoms in total. The molecule has 0 spiro atoms. The van der Waals surface area contributed by atoms with Crippen LogP contribution < -0.4 is 5.32 Å². The zero-order valence-electron chi connectivity index (χ0n) is 17.2. The van der Waals surface area contributed by atoms with Crippen molar-refractivity contribution in [1.82, 2.24) is 29.8 Å². The largest absolute Gasteiger partial charge is 0.338 e. The summed E-state index contributed by atoms with van der Waals surface area (Å²) in [5.41, 5.74) is 2.11. The summed E-state index contributed by atoms with van der Waals surface area (Å²) in [5, 5.41) is 7.28. The SMILES string of the molecule is C[C@@H](CCNC(=O)N(C)Cc1ccc(-n2cccn2)cc1)N1CCN(C)CC1. The number of amides is 2. The fourth-order valence-corrected chi connectivity index (χ4v) is 3.49. The van der Waals surface area contributed by atoms with Crippen molar-refractivity contribution < 1.29 is 4.79 Å². The van der Waals surface area contributed by atoms with Crippen LogP contribution >= 0.6 is 0 Å². The van der Waals surface area contributed by atoms with Gasteiger partial charge in [-0.1, -0.05) is 12.1 Å². The number of hydrogen-bond donors (Lipinski definition) is 1. The van der Waals surface area contributed by atoms with Crippen LogP contribution in [0.5, 0.6) is 0 Å². The van der Waals surface area contributed by atoms with Crippen molar-refractivity contribution in [1.29, 1.82) is 0 Å². The van der Waals surface area contributed by atoms with Crippen LogP contribution in [0, 0.1) is 0 Å². The lowest BCUT2D eigenvalue weighted by Gasteiger charge is -2.36. The average molecular weight is 385 g/mol. The number of nitrogens with zero attached hydrogens (tertiary/aromatic N) is 5. The maximum atomic E-state index is 12.4. The number of rotatable bonds is 7. The van der Waals surface area contributed by atoms with Crippen LogP contribution in [0.1, 0.15) is 18.9 Å². The standard InChI is InChI=1S/C21H32N6O/c1-18(26-15-13-24(2)14-16-26)9-11-22-21(28)25(3)17-19-5-7-20(8-6-19)27-12-4-10-23-27/h4-8,10,12,18H,9,11,13-17H2,1-3H3,(H,22,28)/t18-/m0/s1. The van der Waals surface area contributed by atoms with E-state index in [-0.39, 0.29) is 6.03 Å². The molecule has 1 fully saturated rings. The monoisotopic (exact) mass is 384 g/mol. The fraction of sp³-hybridized carbons (Fsp3) is 0.524. The van der Waals surface area contributed by atoms with Crippen LogP contribution in [0.4, 0.5) is 4.79 Å². The normalized spacial score (nSPS) is 16.7. The third-order valence-corrected chi connectivity index (χ3v) is 5.47. The Bertz CT molecular complexity index is 722. The summed E-state index contributed by atoms with van der Waals surface area (Å²) in [6.07, 6.45) is 4.65. The second kappa shape index (κ2) is 9.71. The molecule has 1 aromatic heterocycles. The van der Waals surface area contributed by atoms with Crippen LogP contribution in [0.2, 0.25) is 0 Å². The first-order valence-electron chi connectivity index (χ1n) is 10.0. The highest BCUT2D eigenvalue weighted by Crippen LogP contribution is 2.11. The van der Waals surface area contributed by atoms with Gasteiger partial charge in [-0.05, 0) is 44.2 Å². The quantitative estimate of drug-likeness (QED) is 0.794. The summed E-state index contributed by atoms with van der Waals surface area (Å²) in [5.74, 6) is 0. The summed E-state index contributed by atoms with van der Waals surface area (Å²) >= 11 is 0. The van der Waals surface area contributed by atoms with Gasteiger partial charge in [-0.2, -0.15) is 5.10 Å². The van der Waals surface area contributed by atoms with E-state index in [9.17, 15) is 4.79 Å². The predicted octanol–water partition coefficient (Wildman–Crippen LogP) is 2.04. The van der Waals surface area contributed by atoms with E-state index in [0.717, 1.165) is 43.9 Å². The Morgan fingerprint density at radius 2 is 1.93 bits per heavy atom. The highest BCUT2D eigenvalue weighted by molar-refractivity contribution is 5.73. The number of hydrogen-bond acceptors (Lipinski definition) is 4. The summed E-state index contributed by atoms with van der Waals surface area (Å²) in [7, 11) is 4.00. The van der Waals surface area contributed by atoms with E-state index in [4.69, 9.17) is 0 Å². The summed E-state index contributed by atoms with van der Waals surface area (Å²) < 4.78 is 1.82. The fourth-order valence-electron chi connectivity index (χ4n) is 3.49. The predicted molar refractivity (Wildman–Crippen MR) is 112 cm³/mol. The topological polar surface area (TPSA) is 56.6 Å². The molecule has 0 bridgehead atoms. The van der Waals surface area contributed by atoms with Crippen LogP contribution in [0.25, 0.3) is 5.69 Å². The molecule has 0 radical (unpaired) electrons. The second-order valence-electron chi connectivity index (χ2n) is 7.68. The first kappa shape index (κ1) is 20.4. The van der Waals surface area contributed by atoms with Gasteiger partial charge in [0, 0.05) is 64.8 Å². The lowest BCUT2D eigenvalue weighted by molar-refractivity contribution is 0.114. The average Bonchev–Trinajstić information content (AvgIpc) is 3.23. The minimum absolute atomic E-state index is 0.0262. The number of aromatic nitrogens is 2. The van der Waals surface area contributed by atoms with Crippen molar-refractivity contribution in [2.75, 3.05) is 46.8 Å². The lowest BCUT2D eigenvalue weighted by Crippen LogP contribution is -2.49. The Morgan fingerprint density at radius 3 is 2.57 bits per heavy atom. The second-order valence-corrected chi connectivity index (χ2v) is 7.68. The minimum atomic E-state index is -0.0262. The Labute approximate surface area is 167 Å². The maximum Gasteiger partial charge on any atom is 0.317 e. The molecule has 2 heterocycles. The number of nitrogens with one attached hydrogen (secondary N) is 1. The molecule has 0 aliphatic carbocycles. The van der Waals surface area contributed by atoms with Gasteiger partial charge in [0.15, 0.2) is 0 Å². The van der Waals surface area contributed by atoms with E-state index in [1.807, 2.05) is 48.3 Å². The number of carbonyl (C=O) groups excluding carboxylic acids is 1. The van der Waals surface area contributed by atoms with E-state index in [1.165, 1.54) is 0 Å². The highest BCUT2D eigenvalue weighted by Gasteiger charge is 2.19. The van der Waals surface area contributed by atoms with Gasteiger partial charge < -0.3 is 15.1 Å². The number of urea groups is 1. The van der Waals surface area contributed by atoms with Gasteiger partial charge in [0.2, 0.25) is 0 Å². The van der Waals surface area contributed by atoms with Crippen LogP contribution in [-0.4, -0.2) is 83.4 Å². The van der Waals surface area contributed by atoms with Crippen molar-refractivity contribution in [3.8, 4) is 5.69 Å². The molecule has 1 aliphatic rings. The molecule has 1 aliphatic heterocycles. The summed E-state index contributed by atoms with van der Waals surface area (Å²) in [6, 6.07) is 10.5. The van der Waals surface area contributed by atoms with Gasteiger partial charge in [0.05, 0.1) is 5.69 Å². The van der Waals surface area contributed by atoms with Gasteiger partial charge in [0.25, 0.3) is 0 Å². The van der Waals surface area contributed by atoms with E-state index < -0.39 is 0 Å². The summed E-state index contributed by atoms with van der Waals surface area (Å²) in [4.78, 5) is 19.0. The van der Waals surface area contributed by atoms with Crippen LogP contribution in [0.15, 0.2) is 42.7 Å². The van der Waals surface area contributed by atoms with Crippen molar-refractivity contribution in [3.05, 3.63) is 48.3 Å². The number of benzene rings is 1. The van der Waals surface area contributed by atoms with E-state index in [1.54, 1.807) is 11.1 Å². The molecule has 2 aromatic rings. The lowest BCUT2D eigenvalue weighted by atomic mass is 10.1. The molecule has 1 aromatic carbocycles. The highest BCUT2D eigenvalue weighted by atomic mass is 16.2. The minimum Gasteiger partial charge on any atom is -0.338 e. The van der Waals surface area contributed by atoms with Crippen molar-refractivity contribution in [2.24, 2.45) is 0 Å². The molecular formula is C21H32N6O. The number of piperazine rings is 1. The molecule has 7 heteroatoms. The van der Waals surface area contributed by atoms with Gasteiger partial charge in [0.1, 0.15) is 0 Å². The van der Waals surface area contributed by atoms with Gasteiger partial charge in [-0.3, -0.25) is 4.90 Å². The van der Waals surface area contributed by atoms with E-state index in [0.29, 0.717) is 19.1 Å². The number of likely N-dealkylation sites (N-methyl/N-ethyl adjacent to an activating group) is 1. The maximum absolute atomic E-state index is 12.4. The Balaban J connectivity index is 1.39. The molecule has 2 amide bonds. The Hall–Kier alpha value is -2.38. The molecule has 28 heavy (non-hydrogen) atoms. The molecular weight excluding hydrogens is 352 g/mol. The van der Waals surface area contributed by atoms with Crippen molar-refractivity contribution in [2.45, 2.75) is 25.9 Å². The third-order valence-electron chi connectivity index (χ3n) is 5.47. The molecule has 0 saturated carbocycles. The zero-order valence-corrected chi connectivity index (χ0v) is 17.2. The van der Waals surface area contributed by atoms with Gasteiger partial charge in [-0.25, -0.2) is 9.48 Å². The van der Waals surface area contributed by atoms with Crippen molar-refractivity contribution >= 4 is 6.03 Å². The number of carbonyl (C=O) groups is 1. The molecule has 1 atom stereocenters. The zero-order chi connectivity index (χ0) is 19.9. The van der Waals surface area contributed by atoms with Gasteiger partial charge in [-0.15, -0.1) is 0 Å². The Kier molecular flexibility index (Phi) is 7.06. The third kappa shape index (κ3) is 5.56. The molecule has 1 saturated heterocycles. The molecule has 152 valence electrons. The first-order chi connectivity index (χ1) is 13.5. The summed E-state index contributed by atoms with van der Waals surface area (Å²) in [6.45, 7) is 8.01.